The molecule has 1 saturated heterocycles. The molecule has 12 heteroatoms. The molecule has 9 nitrogen and oxygen atoms in total. The van der Waals surface area contributed by atoms with Crippen molar-refractivity contribution in [2.24, 2.45) is 0 Å². The van der Waals surface area contributed by atoms with Crippen LogP contribution >= 0.6 is 0 Å². The summed E-state index contributed by atoms with van der Waals surface area (Å²) in [6.07, 6.45) is -4.06. The van der Waals surface area contributed by atoms with Gasteiger partial charge < -0.3 is 20.7 Å². The average molecular weight is 393 g/mol. The van der Waals surface area contributed by atoms with Crippen LogP contribution in [0.4, 0.5) is 24.7 Å². The molecule has 1 aromatic heterocycles. The van der Waals surface area contributed by atoms with Crippen molar-refractivity contribution in [1.82, 2.24) is 14.5 Å². The Hall–Kier alpha value is -2.50. The number of nitrogens with zero attached hydrogens (tertiary/aromatic N) is 3. The molecule has 2 heterocycles. The van der Waals surface area contributed by atoms with Gasteiger partial charge in [0.05, 0.1) is 13.2 Å². The summed E-state index contributed by atoms with van der Waals surface area (Å²) in [5.74, 6) is -1.12. The van der Waals surface area contributed by atoms with E-state index in [1.807, 2.05) is 0 Å². The molecule has 1 fully saturated rings. The van der Waals surface area contributed by atoms with Gasteiger partial charge in [-0.3, -0.25) is 14.2 Å². The number of nitrogens with two attached hydrogens (primary N) is 1. The molecule has 1 aliphatic heterocycles. The lowest BCUT2D eigenvalue weighted by molar-refractivity contribution is -0.138. The van der Waals surface area contributed by atoms with E-state index in [4.69, 9.17) is 10.5 Å². The molecular formula is C15H22F3N5O4. The largest absolute Gasteiger partial charge is 0.405 e. The Bertz CT molecular complexity index is 796. The molecule has 0 aromatic carbocycles. The van der Waals surface area contributed by atoms with Crippen molar-refractivity contribution in [2.75, 3.05) is 43.5 Å². The van der Waals surface area contributed by atoms with Crippen molar-refractivity contribution < 1.29 is 22.7 Å². The SMILES string of the molecule is CCCn1c(N)c(N2CCOCC2)c(=O)n(CC(=O)NCC(F)(F)F)c1=O. The van der Waals surface area contributed by atoms with Crippen LogP contribution in [0.15, 0.2) is 9.59 Å². The number of hydrogen-bond acceptors (Lipinski definition) is 6. The van der Waals surface area contributed by atoms with Crippen molar-refractivity contribution >= 4 is 17.4 Å². The second-order valence-electron chi connectivity index (χ2n) is 6.05. The third-order valence-electron chi connectivity index (χ3n) is 4.01. The van der Waals surface area contributed by atoms with Crippen LogP contribution in [0.25, 0.3) is 0 Å². The zero-order valence-electron chi connectivity index (χ0n) is 14.8. The number of alkyl halides is 3. The Balaban J connectivity index is 2.43. The molecule has 0 spiro atoms. The molecule has 0 atom stereocenters. The summed E-state index contributed by atoms with van der Waals surface area (Å²) in [6.45, 7) is 1.08. The first kappa shape index (κ1) is 20.8. The van der Waals surface area contributed by atoms with Gasteiger partial charge in [-0.2, -0.15) is 13.2 Å². The summed E-state index contributed by atoms with van der Waals surface area (Å²) >= 11 is 0. The highest BCUT2D eigenvalue weighted by molar-refractivity contribution is 5.76. The minimum atomic E-state index is -4.59. The summed E-state index contributed by atoms with van der Waals surface area (Å²) in [7, 11) is 0. The minimum Gasteiger partial charge on any atom is -0.383 e. The number of nitrogen functional groups attached to an aromatic ring is 1. The van der Waals surface area contributed by atoms with E-state index < -0.39 is 36.4 Å². The quantitative estimate of drug-likeness (QED) is 0.675. The molecule has 2 rings (SSSR count). The van der Waals surface area contributed by atoms with Crippen LogP contribution in [0.2, 0.25) is 0 Å². The lowest BCUT2D eigenvalue weighted by Gasteiger charge is -2.30. The normalized spacial score (nSPS) is 15.0. The topological polar surface area (TPSA) is 112 Å². The lowest BCUT2D eigenvalue weighted by atomic mass is 10.3. The minimum absolute atomic E-state index is 0.0271. The molecule has 27 heavy (non-hydrogen) atoms. The smallest absolute Gasteiger partial charge is 0.383 e. The monoisotopic (exact) mass is 393 g/mol. The highest BCUT2D eigenvalue weighted by atomic mass is 19.4. The third kappa shape index (κ3) is 5.02. The second kappa shape index (κ2) is 8.46. The number of amides is 1. The maximum absolute atomic E-state index is 12.8. The van der Waals surface area contributed by atoms with Crippen LogP contribution < -0.4 is 27.2 Å². The first-order valence-corrected chi connectivity index (χ1v) is 8.45. The van der Waals surface area contributed by atoms with Gasteiger partial charge in [0, 0.05) is 19.6 Å². The van der Waals surface area contributed by atoms with E-state index in [0.717, 1.165) is 4.57 Å². The fourth-order valence-electron chi connectivity index (χ4n) is 2.76. The molecule has 0 saturated carbocycles. The fourth-order valence-corrected chi connectivity index (χ4v) is 2.76. The average Bonchev–Trinajstić information content (AvgIpc) is 2.61. The number of morpholine rings is 1. The van der Waals surface area contributed by atoms with E-state index in [2.05, 4.69) is 0 Å². The van der Waals surface area contributed by atoms with E-state index in [0.29, 0.717) is 37.3 Å². The van der Waals surface area contributed by atoms with Crippen molar-refractivity contribution in [1.29, 1.82) is 0 Å². The standard InChI is InChI=1S/C15H22F3N5O4/c1-2-3-22-12(19)11(21-4-6-27-7-5-21)13(25)23(14(22)26)8-10(24)20-9-15(16,17)18/h2-9,19H2,1H3,(H,20,24). The maximum atomic E-state index is 12.8. The van der Waals surface area contributed by atoms with Crippen molar-refractivity contribution in [3.63, 3.8) is 0 Å². The van der Waals surface area contributed by atoms with Crippen molar-refractivity contribution in [2.45, 2.75) is 32.6 Å². The zero-order chi connectivity index (χ0) is 20.2. The summed E-state index contributed by atoms with van der Waals surface area (Å²) in [6, 6.07) is 0. The number of nitrogens with one attached hydrogen (secondary N) is 1. The summed E-state index contributed by atoms with van der Waals surface area (Å²) in [5, 5.41) is 1.65. The van der Waals surface area contributed by atoms with Gasteiger partial charge >= 0.3 is 11.9 Å². The molecule has 0 aliphatic carbocycles. The first-order chi connectivity index (χ1) is 12.7. The van der Waals surface area contributed by atoms with Crippen LogP contribution in [0.3, 0.4) is 0 Å². The Morgan fingerprint density at radius 1 is 1.22 bits per heavy atom. The van der Waals surface area contributed by atoms with Gasteiger partial charge in [0.15, 0.2) is 0 Å². The molecule has 1 aliphatic rings. The summed E-state index contributed by atoms with van der Waals surface area (Å²) in [5.41, 5.74) is 4.44. The van der Waals surface area contributed by atoms with Crippen molar-refractivity contribution in [3.8, 4) is 0 Å². The number of anilines is 2. The van der Waals surface area contributed by atoms with Gasteiger partial charge in [-0.1, -0.05) is 6.92 Å². The van der Waals surface area contributed by atoms with Crippen LogP contribution in [0, 0.1) is 0 Å². The molecular weight excluding hydrogens is 371 g/mol. The highest BCUT2D eigenvalue weighted by Crippen LogP contribution is 2.18. The number of halogens is 3. The van der Waals surface area contributed by atoms with Crippen LogP contribution in [0.1, 0.15) is 13.3 Å². The summed E-state index contributed by atoms with van der Waals surface area (Å²) in [4.78, 5) is 38.8. The van der Waals surface area contributed by atoms with Crippen LogP contribution in [-0.2, 0) is 22.6 Å². The van der Waals surface area contributed by atoms with E-state index >= 15 is 0 Å². The van der Waals surface area contributed by atoms with E-state index in [9.17, 15) is 27.6 Å². The number of carbonyl (C=O) groups is 1. The Morgan fingerprint density at radius 3 is 2.41 bits per heavy atom. The van der Waals surface area contributed by atoms with Gasteiger partial charge in [-0.15, -0.1) is 0 Å². The Morgan fingerprint density at radius 2 is 1.85 bits per heavy atom. The molecule has 3 N–H and O–H groups in total. The molecule has 0 unspecified atom stereocenters. The van der Waals surface area contributed by atoms with Gasteiger partial charge in [0.25, 0.3) is 5.56 Å². The van der Waals surface area contributed by atoms with E-state index in [1.54, 1.807) is 17.1 Å². The zero-order valence-corrected chi connectivity index (χ0v) is 14.8. The Labute approximate surface area is 152 Å². The second-order valence-corrected chi connectivity index (χ2v) is 6.05. The molecule has 1 aromatic rings. The number of rotatable bonds is 6. The number of ether oxygens (including phenoxy) is 1. The number of carbonyl (C=O) groups excluding carboxylic acids is 1. The molecule has 1 amide bonds. The predicted octanol–water partition coefficient (Wildman–Crippen LogP) is -0.483. The summed E-state index contributed by atoms with van der Waals surface area (Å²) < 4.78 is 43.8. The molecule has 152 valence electrons. The highest BCUT2D eigenvalue weighted by Gasteiger charge is 2.29. The lowest BCUT2D eigenvalue weighted by Crippen LogP contribution is -2.49. The fraction of sp³-hybridized carbons (Fsp3) is 0.667. The van der Waals surface area contributed by atoms with Crippen LogP contribution in [0.5, 0.6) is 0 Å². The van der Waals surface area contributed by atoms with Crippen LogP contribution in [-0.4, -0.2) is 54.1 Å². The molecule has 0 radical (unpaired) electrons. The van der Waals surface area contributed by atoms with Gasteiger partial charge in [0.2, 0.25) is 5.91 Å². The number of aromatic nitrogens is 2. The van der Waals surface area contributed by atoms with Crippen molar-refractivity contribution in [3.05, 3.63) is 20.8 Å². The number of hydrogen-bond donors (Lipinski definition) is 2. The third-order valence-corrected chi connectivity index (χ3v) is 4.01. The van der Waals surface area contributed by atoms with E-state index in [-0.39, 0.29) is 18.1 Å². The van der Waals surface area contributed by atoms with Gasteiger partial charge in [0.1, 0.15) is 24.6 Å². The van der Waals surface area contributed by atoms with Gasteiger partial charge in [-0.05, 0) is 6.42 Å². The maximum Gasteiger partial charge on any atom is 0.405 e. The first-order valence-electron chi connectivity index (χ1n) is 8.45. The Kier molecular flexibility index (Phi) is 6.52. The predicted molar refractivity (Wildman–Crippen MR) is 91.8 cm³/mol. The van der Waals surface area contributed by atoms with Gasteiger partial charge in [-0.25, -0.2) is 9.36 Å². The van der Waals surface area contributed by atoms with E-state index in [1.165, 1.54) is 0 Å². The molecule has 0 bridgehead atoms.